The maximum absolute atomic E-state index is 10.0. The van der Waals surface area contributed by atoms with Gasteiger partial charge in [0.15, 0.2) is 0 Å². The zero-order valence-corrected chi connectivity index (χ0v) is 10.6. The summed E-state index contributed by atoms with van der Waals surface area (Å²) in [6.45, 7) is 3.49. The molecule has 0 aromatic heterocycles. The Labute approximate surface area is 99.8 Å². The van der Waals surface area contributed by atoms with Crippen LogP contribution >= 0.6 is 0 Å². The molecule has 2 fully saturated rings. The molecular weight excluding hydrogens is 198 g/mol. The Morgan fingerprint density at radius 3 is 2.62 bits per heavy atom. The Morgan fingerprint density at radius 2 is 1.88 bits per heavy atom. The summed E-state index contributed by atoms with van der Waals surface area (Å²) in [6, 6.07) is 0.374. The molecule has 2 saturated carbocycles. The molecule has 0 aromatic rings. The van der Waals surface area contributed by atoms with E-state index >= 15 is 0 Å². The van der Waals surface area contributed by atoms with Gasteiger partial charge in [0, 0.05) is 6.04 Å². The molecule has 94 valence electrons. The highest BCUT2D eigenvalue weighted by Crippen LogP contribution is 2.30. The van der Waals surface area contributed by atoms with E-state index in [4.69, 9.17) is 0 Å². The smallest absolute Gasteiger partial charge is 0.0693 e. The Morgan fingerprint density at radius 1 is 1.06 bits per heavy atom. The minimum atomic E-state index is -0.0960. The van der Waals surface area contributed by atoms with Crippen LogP contribution in [-0.2, 0) is 0 Å². The van der Waals surface area contributed by atoms with Crippen LogP contribution in [0.2, 0.25) is 0 Å². The van der Waals surface area contributed by atoms with Crippen LogP contribution in [0, 0.1) is 11.8 Å². The number of hydrogen-bond acceptors (Lipinski definition) is 2. The molecule has 0 heterocycles. The van der Waals surface area contributed by atoms with Gasteiger partial charge in [0.05, 0.1) is 6.10 Å². The Hall–Kier alpha value is -0.0800. The van der Waals surface area contributed by atoms with Crippen molar-refractivity contribution in [3.8, 4) is 0 Å². The summed E-state index contributed by atoms with van der Waals surface area (Å²) in [4.78, 5) is 0. The second-order valence-electron chi connectivity index (χ2n) is 6.00. The molecule has 0 saturated heterocycles. The molecule has 0 spiro atoms. The largest absolute Gasteiger partial charge is 0.392 e. The van der Waals surface area contributed by atoms with E-state index in [1.165, 1.54) is 44.9 Å². The Balaban J connectivity index is 1.71. The second-order valence-corrected chi connectivity index (χ2v) is 6.00. The predicted molar refractivity (Wildman–Crippen MR) is 67.4 cm³/mol. The topological polar surface area (TPSA) is 32.3 Å². The van der Waals surface area contributed by atoms with E-state index < -0.39 is 0 Å². The summed E-state index contributed by atoms with van der Waals surface area (Å²) < 4.78 is 0. The van der Waals surface area contributed by atoms with Gasteiger partial charge >= 0.3 is 0 Å². The molecule has 0 aromatic carbocycles. The van der Waals surface area contributed by atoms with E-state index in [2.05, 4.69) is 12.2 Å². The molecule has 2 nitrogen and oxygen atoms in total. The number of hydrogen-bond donors (Lipinski definition) is 2. The molecule has 0 radical (unpaired) electrons. The van der Waals surface area contributed by atoms with Crippen molar-refractivity contribution in [1.29, 1.82) is 0 Å². The van der Waals surface area contributed by atoms with Crippen LogP contribution in [0.4, 0.5) is 0 Å². The maximum atomic E-state index is 10.0. The van der Waals surface area contributed by atoms with Crippen molar-refractivity contribution >= 4 is 0 Å². The molecule has 4 unspecified atom stereocenters. The summed E-state index contributed by atoms with van der Waals surface area (Å²) in [5, 5.41) is 13.6. The minimum Gasteiger partial charge on any atom is -0.392 e. The summed E-state index contributed by atoms with van der Waals surface area (Å²) in [6.07, 6.45) is 10.0. The Kier molecular flexibility index (Phi) is 4.66. The zero-order valence-electron chi connectivity index (χ0n) is 10.6. The first kappa shape index (κ1) is 12.4. The zero-order chi connectivity index (χ0) is 11.4. The summed E-state index contributed by atoms with van der Waals surface area (Å²) in [5.41, 5.74) is 0. The van der Waals surface area contributed by atoms with Gasteiger partial charge in [0.2, 0.25) is 0 Å². The molecule has 2 aliphatic carbocycles. The monoisotopic (exact) mass is 225 g/mol. The quantitative estimate of drug-likeness (QED) is 0.724. The molecule has 16 heavy (non-hydrogen) atoms. The van der Waals surface area contributed by atoms with Gasteiger partial charge in [0.1, 0.15) is 0 Å². The first-order valence-electron chi connectivity index (χ1n) is 7.17. The van der Waals surface area contributed by atoms with Crippen molar-refractivity contribution < 1.29 is 5.11 Å². The van der Waals surface area contributed by atoms with Crippen molar-refractivity contribution in [3.63, 3.8) is 0 Å². The van der Waals surface area contributed by atoms with Crippen LogP contribution in [-0.4, -0.2) is 23.8 Å². The van der Waals surface area contributed by atoms with Gasteiger partial charge in [-0.05, 0) is 44.1 Å². The highest BCUT2D eigenvalue weighted by atomic mass is 16.3. The average Bonchev–Trinajstić information content (AvgIpc) is 2.56. The second kappa shape index (κ2) is 6.02. The van der Waals surface area contributed by atoms with Gasteiger partial charge in [0.25, 0.3) is 0 Å². The van der Waals surface area contributed by atoms with Crippen LogP contribution < -0.4 is 5.32 Å². The third-order valence-corrected chi connectivity index (χ3v) is 4.45. The number of aliphatic hydroxyl groups is 1. The van der Waals surface area contributed by atoms with Crippen molar-refractivity contribution in [2.45, 2.75) is 70.4 Å². The molecule has 2 N–H and O–H groups in total. The lowest BCUT2D eigenvalue weighted by Crippen LogP contribution is -2.41. The van der Waals surface area contributed by atoms with Crippen LogP contribution in [0.5, 0.6) is 0 Å². The summed E-state index contributed by atoms with van der Waals surface area (Å²) >= 11 is 0. The van der Waals surface area contributed by atoms with Gasteiger partial charge in [-0.25, -0.2) is 0 Å². The highest BCUT2D eigenvalue weighted by molar-refractivity contribution is 4.82. The molecular formula is C14H27NO. The predicted octanol–water partition coefficient (Wildman–Crippen LogP) is 2.71. The lowest BCUT2D eigenvalue weighted by atomic mass is 10.0. The highest BCUT2D eigenvalue weighted by Gasteiger charge is 2.25. The Bertz CT molecular complexity index is 207. The van der Waals surface area contributed by atoms with E-state index in [0.29, 0.717) is 6.04 Å². The van der Waals surface area contributed by atoms with Crippen molar-refractivity contribution in [3.05, 3.63) is 0 Å². The number of nitrogens with one attached hydrogen (secondary N) is 1. The normalized spacial score (nSPS) is 40.9. The fraction of sp³-hybridized carbons (Fsp3) is 1.00. The molecule has 2 aliphatic rings. The van der Waals surface area contributed by atoms with Crippen LogP contribution in [0.15, 0.2) is 0 Å². The first-order chi connectivity index (χ1) is 7.75. The van der Waals surface area contributed by atoms with Gasteiger partial charge in [-0.15, -0.1) is 0 Å². The molecule has 0 bridgehead atoms. The molecule has 0 amide bonds. The first-order valence-corrected chi connectivity index (χ1v) is 7.17. The van der Waals surface area contributed by atoms with Gasteiger partial charge in [-0.3, -0.25) is 0 Å². The lowest BCUT2D eigenvalue weighted by Gasteiger charge is -2.23. The third-order valence-electron chi connectivity index (χ3n) is 4.45. The van der Waals surface area contributed by atoms with Crippen molar-refractivity contribution in [2.24, 2.45) is 11.8 Å². The van der Waals surface area contributed by atoms with E-state index in [0.717, 1.165) is 24.8 Å². The van der Waals surface area contributed by atoms with E-state index in [9.17, 15) is 5.11 Å². The average molecular weight is 225 g/mol. The molecule has 2 rings (SSSR count). The van der Waals surface area contributed by atoms with Crippen LogP contribution in [0.25, 0.3) is 0 Å². The summed E-state index contributed by atoms with van der Waals surface area (Å²) in [7, 11) is 0. The van der Waals surface area contributed by atoms with E-state index in [-0.39, 0.29) is 6.10 Å². The van der Waals surface area contributed by atoms with Gasteiger partial charge in [-0.2, -0.15) is 0 Å². The molecule has 2 heteroatoms. The summed E-state index contributed by atoms with van der Waals surface area (Å²) in [5.74, 6) is 1.79. The molecule has 0 aliphatic heterocycles. The standard InChI is InChI=1S/C14H27NO/c1-11-7-8-12(9-11)10-15-13-5-3-2-4-6-14(13)16/h11-16H,2-10H2,1H3. The lowest BCUT2D eigenvalue weighted by molar-refractivity contribution is 0.117. The van der Waals surface area contributed by atoms with E-state index in [1.54, 1.807) is 0 Å². The van der Waals surface area contributed by atoms with E-state index in [1.807, 2.05) is 0 Å². The number of aliphatic hydroxyl groups excluding tert-OH is 1. The van der Waals surface area contributed by atoms with Gasteiger partial charge < -0.3 is 10.4 Å². The third kappa shape index (κ3) is 3.46. The van der Waals surface area contributed by atoms with Gasteiger partial charge in [-0.1, -0.05) is 32.6 Å². The fourth-order valence-corrected chi connectivity index (χ4v) is 3.35. The fourth-order valence-electron chi connectivity index (χ4n) is 3.35. The van der Waals surface area contributed by atoms with Crippen molar-refractivity contribution in [2.75, 3.05) is 6.54 Å². The van der Waals surface area contributed by atoms with Crippen molar-refractivity contribution in [1.82, 2.24) is 5.32 Å². The molecule has 4 atom stereocenters. The van der Waals surface area contributed by atoms with Crippen LogP contribution in [0.1, 0.15) is 58.3 Å². The minimum absolute atomic E-state index is 0.0960. The number of rotatable bonds is 3. The maximum Gasteiger partial charge on any atom is 0.0693 e. The SMILES string of the molecule is CC1CCC(CNC2CCCCCC2O)C1. The van der Waals surface area contributed by atoms with Crippen LogP contribution in [0.3, 0.4) is 0 Å².